The molecule has 0 fully saturated rings. The average Bonchev–Trinajstić information content (AvgIpc) is 3.11. The van der Waals surface area contributed by atoms with Gasteiger partial charge in [0, 0.05) is 29.2 Å². The third kappa shape index (κ3) is 5.13. The molecule has 0 saturated heterocycles. The van der Waals surface area contributed by atoms with Crippen LogP contribution in [0.4, 0.5) is 0 Å². The van der Waals surface area contributed by atoms with E-state index < -0.39 is 0 Å². The number of ether oxygens (including phenoxy) is 1. The predicted octanol–water partition coefficient (Wildman–Crippen LogP) is 5.18. The van der Waals surface area contributed by atoms with Gasteiger partial charge in [0.25, 0.3) is 5.91 Å². The molecule has 0 aliphatic rings. The highest BCUT2D eigenvalue weighted by Gasteiger charge is 2.08. The monoisotopic (exact) mass is 431 g/mol. The second-order valence-electron chi connectivity index (χ2n) is 7.23. The van der Waals surface area contributed by atoms with E-state index in [9.17, 15) is 4.79 Å². The Hall–Kier alpha value is -3.57. The summed E-state index contributed by atoms with van der Waals surface area (Å²) >= 11 is 6.03. The van der Waals surface area contributed by atoms with Gasteiger partial charge in [-0.25, -0.2) is 5.43 Å². The molecule has 1 amide bonds. The van der Waals surface area contributed by atoms with Crippen LogP contribution in [-0.2, 0) is 11.3 Å². The van der Waals surface area contributed by atoms with Crippen LogP contribution >= 0.6 is 11.6 Å². The summed E-state index contributed by atoms with van der Waals surface area (Å²) in [7, 11) is 0. The lowest BCUT2D eigenvalue weighted by molar-refractivity contribution is -0.123. The molecule has 0 atom stereocenters. The molecule has 0 radical (unpaired) electrons. The van der Waals surface area contributed by atoms with Gasteiger partial charge in [0.1, 0.15) is 5.75 Å². The van der Waals surface area contributed by atoms with Gasteiger partial charge in [-0.3, -0.25) is 4.79 Å². The molecular formula is C25H22ClN3O2. The summed E-state index contributed by atoms with van der Waals surface area (Å²) in [5.74, 6) is 0.0992. The second-order valence-corrected chi connectivity index (χ2v) is 7.64. The number of hydrazone groups is 1. The maximum Gasteiger partial charge on any atom is 0.277 e. The number of carbonyl (C=O) groups is 1. The second kappa shape index (κ2) is 9.49. The molecule has 0 aliphatic heterocycles. The first kappa shape index (κ1) is 20.7. The van der Waals surface area contributed by atoms with Gasteiger partial charge in [-0.2, -0.15) is 5.10 Å². The molecule has 1 N–H and O–H groups in total. The third-order valence-corrected chi connectivity index (χ3v) is 5.16. The minimum atomic E-state index is -0.361. The summed E-state index contributed by atoms with van der Waals surface area (Å²) in [4.78, 5) is 12.1. The molecule has 4 rings (SSSR count). The summed E-state index contributed by atoms with van der Waals surface area (Å²) in [5, 5.41) is 5.64. The van der Waals surface area contributed by atoms with Crippen molar-refractivity contribution >= 4 is 34.6 Å². The maximum absolute atomic E-state index is 12.1. The van der Waals surface area contributed by atoms with E-state index in [1.165, 1.54) is 11.1 Å². The van der Waals surface area contributed by atoms with Crippen LogP contribution in [0.2, 0.25) is 5.02 Å². The Morgan fingerprint density at radius 1 is 1.10 bits per heavy atom. The van der Waals surface area contributed by atoms with Gasteiger partial charge in [0.2, 0.25) is 0 Å². The topological polar surface area (TPSA) is 55.6 Å². The van der Waals surface area contributed by atoms with Gasteiger partial charge < -0.3 is 9.30 Å². The van der Waals surface area contributed by atoms with Crippen molar-refractivity contribution in [3.05, 3.63) is 101 Å². The highest BCUT2D eigenvalue weighted by atomic mass is 35.5. The number of aromatic nitrogens is 1. The number of nitrogens with one attached hydrogen (secondary N) is 1. The van der Waals surface area contributed by atoms with Crippen LogP contribution in [0.3, 0.4) is 0 Å². The van der Waals surface area contributed by atoms with Crippen molar-refractivity contribution in [1.29, 1.82) is 0 Å². The Balaban J connectivity index is 1.45. The van der Waals surface area contributed by atoms with Crippen LogP contribution in [0.1, 0.15) is 16.7 Å². The van der Waals surface area contributed by atoms with E-state index in [2.05, 4.69) is 52.3 Å². The maximum atomic E-state index is 12.1. The molecule has 0 aliphatic carbocycles. The molecule has 1 heterocycles. The molecule has 1 aromatic heterocycles. The van der Waals surface area contributed by atoms with E-state index in [-0.39, 0.29) is 12.5 Å². The summed E-state index contributed by atoms with van der Waals surface area (Å²) in [6.45, 7) is 2.68. The normalized spacial score (nSPS) is 11.2. The SMILES string of the molecule is Cc1cccc(Cn2cc(/C=N/NC(=O)COc3ccccc3Cl)c3ccccc32)c1. The first-order valence-electron chi connectivity index (χ1n) is 9.93. The zero-order valence-electron chi connectivity index (χ0n) is 17.1. The fraction of sp³-hybridized carbons (Fsp3) is 0.120. The van der Waals surface area contributed by atoms with Crippen molar-refractivity contribution in [3.63, 3.8) is 0 Å². The number of benzene rings is 3. The van der Waals surface area contributed by atoms with Crippen molar-refractivity contribution < 1.29 is 9.53 Å². The smallest absolute Gasteiger partial charge is 0.277 e. The molecule has 0 saturated carbocycles. The van der Waals surface area contributed by atoms with E-state index in [1.807, 2.05) is 24.4 Å². The number of halogens is 1. The highest BCUT2D eigenvalue weighted by molar-refractivity contribution is 6.32. The number of para-hydroxylation sites is 2. The molecular weight excluding hydrogens is 410 g/mol. The molecule has 0 bridgehead atoms. The van der Waals surface area contributed by atoms with Crippen molar-refractivity contribution in [2.24, 2.45) is 5.10 Å². The quantitative estimate of drug-likeness (QED) is 0.324. The predicted molar refractivity (Wildman–Crippen MR) is 125 cm³/mol. The van der Waals surface area contributed by atoms with Crippen LogP contribution in [0.15, 0.2) is 84.1 Å². The Bertz CT molecular complexity index is 1250. The number of amides is 1. The summed E-state index contributed by atoms with van der Waals surface area (Å²) in [6.07, 6.45) is 3.70. The van der Waals surface area contributed by atoms with Crippen LogP contribution < -0.4 is 10.2 Å². The van der Waals surface area contributed by atoms with Gasteiger partial charge in [-0.15, -0.1) is 0 Å². The van der Waals surface area contributed by atoms with Crippen LogP contribution in [0.5, 0.6) is 5.75 Å². The number of hydrogen-bond donors (Lipinski definition) is 1. The summed E-state index contributed by atoms with van der Waals surface area (Å²) < 4.78 is 7.62. The first-order valence-corrected chi connectivity index (χ1v) is 10.3. The fourth-order valence-corrected chi connectivity index (χ4v) is 3.62. The zero-order valence-corrected chi connectivity index (χ0v) is 17.8. The van der Waals surface area contributed by atoms with Crippen LogP contribution in [0.25, 0.3) is 10.9 Å². The first-order chi connectivity index (χ1) is 15.1. The van der Waals surface area contributed by atoms with Crippen molar-refractivity contribution in [2.45, 2.75) is 13.5 Å². The number of fused-ring (bicyclic) bond motifs is 1. The molecule has 3 aromatic carbocycles. The van der Waals surface area contributed by atoms with E-state index in [4.69, 9.17) is 16.3 Å². The third-order valence-electron chi connectivity index (χ3n) is 4.84. The van der Waals surface area contributed by atoms with E-state index in [0.29, 0.717) is 10.8 Å². The van der Waals surface area contributed by atoms with Gasteiger partial charge in [-0.1, -0.05) is 71.8 Å². The largest absolute Gasteiger partial charge is 0.482 e. The van der Waals surface area contributed by atoms with Crippen LogP contribution in [0, 0.1) is 6.92 Å². The van der Waals surface area contributed by atoms with Gasteiger partial charge in [0.15, 0.2) is 6.61 Å². The fourth-order valence-electron chi connectivity index (χ4n) is 3.43. The highest BCUT2D eigenvalue weighted by Crippen LogP contribution is 2.23. The number of hydrogen-bond acceptors (Lipinski definition) is 3. The Morgan fingerprint density at radius 2 is 1.90 bits per heavy atom. The van der Waals surface area contributed by atoms with Crippen molar-refractivity contribution in [3.8, 4) is 5.75 Å². The lowest BCUT2D eigenvalue weighted by Crippen LogP contribution is -2.24. The van der Waals surface area contributed by atoms with Gasteiger partial charge in [0.05, 0.1) is 11.2 Å². The lowest BCUT2D eigenvalue weighted by Gasteiger charge is -2.06. The minimum absolute atomic E-state index is 0.170. The molecule has 31 heavy (non-hydrogen) atoms. The number of rotatable bonds is 7. The molecule has 5 nitrogen and oxygen atoms in total. The summed E-state index contributed by atoms with van der Waals surface area (Å²) in [5.41, 5.74) is 7.01. The van der Waals surface area contributed by atoms with E-state index >= 15 is 0 Å². The van der Waals surface area contributed by atoms with Crippen molar-refractivity contribution in [1.82, 2.24) is 9.99 Å². The lowest BCUT2D eigenvalue weighted by atomic mass is 10.1. The zero-order chi connectivity index (χ0) is 21.6. The number of nitrogens with zero attached hydrogens (tertiary/aromatic N) is 2. The number of aryl methyl sites for hydroxylation is 1. The standard InChI is InChI=1S/C25H22ClN3O2/c1-18-7-6-8-19(13-18)15-29-16-20(21-9-2-4-11-23(21)29)14-27-28-25(30)17-31-24-12-5-3-10-22(24)26/h2-14,16H,15,17H2,1H3,(H,28,30)/b27-14+. The van der Waals surface area contributed by atoms with E-state index in [1.54, 1.807) is 30.5 Å². The Morgan fingerprint density at radius 3 is 2.74 bits per heavy atom. The van der Waals surface area contributed by atoms with E-state index in [0.717, 1.165) is 23.0 Å². The minimum Gasteiger partial charge on any atom is -0.482 e. The summed E-state index contributed by atoms with van der Waals surface area (Å²) in [6, 6.07) is 23.6. The Kier molecular flexibility index (Phi) is 6.34. The Labute approximate surface area is 185 Å². The molecule has 6 heteroatoms. The van der Waals surface area contributed by atoms with Crippen LogP contribution in [-0.4, -0.2) is 23.3 Å². The number of carbonyl (C=O) groups excluding carboxylic acids is 1. The van der Waals surface area contributed by atoms with Gasteiger partial charge >= 0.3 is 0 Å². The average molecular weight is 432 g/mol. The van der Waals surface area contributed by atoms with Gasteiger partial charge in [-0.05, 0) is 30.7 Å². The molecule has 0 spiro atoms. The molecule has 0 unspecified atom stereocenters. The van der Waals surface area contributed by atoms with Crippen molar-refractivity contribution in [2.75, 3.05) is 6.61 Å². The molecule has 156 valence electrons. The molecule has 4 aromatic rings.